The van der Waals surface area contributed by atoms with Gasteiger partial charge in [-0.1, -0.05) is 50.2 Å². The minimum absolute atomic E-state index is 0.0106. The number of carbonyl (C=O) groups excluding carboxylic acids is 2. The maximum Gasteiger partial charge on any atom is 0.409 e. The van der Waals surface area contributed by atoms with Gasteiger partial charge in [-0.05, 0) is 92.3 Å². The first-order chi connectivity index (χ1) is 22.7. The average Bonchev–Trinajstić information content (AvgIpc) is 3.18. The zero-order chi connectivity index (χ0) is 34.9. The number of amides is 2. The van der Waals surface area contributed by atoms with E-state index in [1.54, 1.807) is 52.2 Å². The normalized spacial score (nSPS) is 22.6. The smallest absolute Gasteiger partial charge is 0.409 e. The van der Waals surface area contributed by atoms with Gasteiger partial charge < -0.3 is 19.3 Å². The molecule has 3 aliphatic rings. The molecule has 1 saturated carbocycles. The average molecular weight is 698 g/mol. The van der Waals surface area contributed by atoms with Crippen LogP contribution in [0.1, 0.15) is 63.5 Å². The van der Waals surface area contributed by atoms with E-state index >= 15 is 0 Å². The molecule has 0 bridgehead atoms. The molecule has 48 heavy (non-hydrogen) atoms. The Labute approximate surface area is 290 Å². The number of anilines is 1. The zero-order valence-corrected chi connectivity index (χ0v) is 30.0. The molecule has 260 valence electrons. The van der Waals surface area contributed by atoms with E-state index in [1.807, 2.05) is 12.1 Å². The van der Waals surface area contributed by atoms with Crippen molar-refractivity contribution in [1.29, 1.82) is 0 Å². The molecule has 5 rings (SSSR count). The number of fused-ring (bicyclic) bond motifs is 3. The lowest BCUT2D eigenvalue weighted by atomic mass is 9.68. The van der Waals surface area contributed by atoms with Crippen LogP contribution in [0.25, 0.3) is 0 Å². The minimum atomic E-state index is -4.19. The van der Waals surface area contributed by atoms with Gasteiger partial charge in [-0.2, -0.15) is 0 Å². The lowest BCUT2D eigenvalue weighted by Crippen LogP contribution is -2.50. The Bertz CT molecular complexity index is 1670. The maximum atomic E-state index is 13.7. The van der Waals surface area contributed by atoms with Gasteiger partial charge in [0.1, 0.15) is 11.9 Å². The Hall–Kier alpha value is -3.50. The Morgan fingerprint density at radius 2 is 1.98 bits per heavy atom. The Balaban J connectivity index is 1.50. The van der Waals surface area contributed by atoms with Crippen molar-refractivity contribution < 1.29 is 27.5 Å². The van der Waals surface area contributed by atoms with Crippen LogP contribution in [0, 0.1) is 17.3 Å². The van der Waals surface area contributed by atoms with Crippen LogP contribution >= 0.6 is 11.6 Å². The summed E-state index contributed by atoms with van der Waals surface area (Å²) in [5, 5.41) is 0.699. The monoisotopic (exact) mass is 697 g/mol. The number of halogens is 1. The van der Waals surface area contributed by atoms with Crippen LogP contribution in [0.5, 0.6) is 5.75 Å². The molecule has 1 N–H and O–H groups in total. The molecule has 0 saturated heterocycles. The number of benzene rings is 2. The summed E-state index contributed by atoms with van der Waals surface area (Å²) in [6.45, 7) is 12.7. The van der Waals surface area contributed by atoms with E-state index < -0.39 is 33.5 Å². The second-order valence-corrected chi connectivity index (χ2v) is 16.5. The van der Waals surface area contributed by atoms with Crippen molar-refractivity contribution >= 4 is 39.3 Å². The SMILES string of the molecule is C=CCCC(C)(C)C(=O)NS(=O)(=O)c1ccc2c(c1)N(C[C@@H]1CC[C@H]1[C@@H](C=C)OC(=O)N(C)C)C[C@@]1(CCCc3cc(Cl)ccc31)CO2. The van der Waals surface area contributed by atoms with Gasteiger partial charge >= 0.3 is 6.09 Å². The van der Waals surface area contributed by atoms with Crippen molar-refractivity contribution in [3.63, 3.8) is 0 Å². The maximum absolute atomic E-state index is 13.7. The molecule has 0 unspecified atom stereocenters. The molecule has 4 atom stereocenters. The first-order valence-corrected chi connectivity index (χ1v) is 18.5. The highest BCUT2D eigenvalue weighted by atomic mass is 35.5. The number of rotatable bonds is 11. The van der Waals surface area contributed by atoms with Crippen molar-refractivity contribution in [2.24, 2.45) is 17.3 Å². The van der Waals surface area contributed by atoms with Crippen molar-refractivity contribution in [3.05, 3.63) is 77.9 Å². The second-order valence-electron chi connectivity index (χ2n) is 14.4. The van der Waals surface area contributed by atoms with Crippen LogP contribution < -0.4 is 14.4 Å². The molecule has 1 spiro atoms. The van der Waals surface area contributed by atoms with Gasteiger partial charge in [-0.15, -0.1) is 6.58 Å². The summed E-state index contributed by atoms with van der Waals surface area (Å²) < 4.78 is 42.0. The van der Waals surface area contributed by atoms with Crippen molar-refractivity contribution in [2.45, 2.75) is 75.2 Å². The molecule has 2 amide bonds. The fourth-order valence-electron chi connectivity index (χ4n) is 7.23. The summed E-state index contributed by atoms with van der Waals surface area (Å²) in [5.74, 6) is 0.241. The van der Waals surface area contributed by atoms with Gasteiger partial charge in [0.15, 0.2) is 0 Å². The van der Waals surface area contributed by atoms with Crippen molar-refractivity contribution in [3.8, 4) is 5.75 Å². The molecular formula is C37H48ClN3O6S. The summed E-state index contributed by atoms with van der Waals surface area (Å²) in [6, 6.07) is 10.9. The van der Waals surface area contributed by atoms with Gasteiger partial charge in [0.25, 0.3) is 10.0 Å². The summed E-state index contributed by atoms with van der Waals surface area (Å²) in [7, 11) is -0.885. The number of hydrogen-bond acceptors (Lipinski definition) is 7. The van der Waals surface area contributed by atoms with E-state index in [0.29, 0.717) is 49.0 Å². The fraction of sp³-hybridized carbons (Fsp3) is 0.514. The minimum Gasteiger partial charge on any atom is -0.490 e. The number of sulfonamides is 1. The molecule has 1 fully saturated rings. The molecule has 2 aromatic rings. The topological polar surface area (TPSA) is 105 Å². The quantitative estimate of drug-likeness (QED) is 0.255. The Morgan fingerprint density at radius 1 is 1.21 bits per heavy atom. The summed E-state index contributed by atoms with van der Waals surface area (Å²) in [4.78, 5) is 29.2. The second kappa shape index (κ2) is 14.2. The number of nitrogens with zero attached hydrogens (tertiary/aromatic N) is 2. The Kier molecular flexibility index (Phi) is 10.6. The van der Waals surface area contributed by atoms with Crippen LogP contribution in [0.2, 0.25) is 5.02 Å². The summed E-state index contributed by atoms with van der Waals surface area (Å²) in [5.41, 5.74) is 1.81. The van der Waals surface area contributed by atoms with Crippen molar-refractivity contribution in [1.82, 2.24) is 9.62 Å². The van der Waals surface area contributed by atoms with Gasteiger partial charge in [0.05, 0.1) is 17.2 Å². The predicted molar refractivity (Wildman–Crippen MR) is 189 cm³/mol. The van der Waals surface area contributed by atoms with Crippen molar-refractivity contribution in [2.75, 3.05) is 38.7 Å². The molecule has 0 aromatic heterocycles. The van der Waals surface area contributed by atoms with E-state index in [9.17, 15) is 18.0 Å². The van der Waals surface area contributed by atoms with Crippen LogP contribution in [-0.2, 0) is 31.4 Å². The highest BCUT2D eigenvalue weighted by Gasteiger charge is 2.45. The highest BCUT2D eigenvalue weighted by Crippen LogP contribution is 2.47. The molecule has 2 aliphatic carbocycles. The van der Waals surface area contributed by atoms with Gasteiger partial charge in [-0.25, -0.2) is 17.9 Å². The van der Waals surface area contributed by atoms with Gasteiger partial charge in [0, 0.05) is 49.0 Å². The molecule has 0 radical (unpaired) electrons. The van der Waals surface area contributed by atoms with Crippen LogP contribution in [0.4, 0.5) is 10.5 Å². The van der Waals surface area contributed by atoms with Gasteiger partial charge in [0.2, 0.25) is 5.91 Å². The first kappa shape index (κ1) is 35.8. The van der Waals surface area contributed by atoms with E-state index in [0.717, 1.165) is 32.1 Å². The number of allylic oxidation sites excluding steroid dienone is 1. The third-order valence-corrected chi connectivity index (χ3v) is 11.9. The lowest BCUT2D eigenvalue weighted by molar-refractivity contribution is -0.127. The van der Waals surface area contributed by atoms with E-state index in [-0.39, 0.29) is 22.1 Å². The number of nitrogens with one attached hydrogen (secondary N) is 1. The molecule has 2 aromatic carbocycles. The third-order valence-electron chi connectivity index (χ3n) is 10.3. The molecule has 9 nitrogen and oxygen atoms in total. The molecule has 11 heteroatoms. The third kappa shape index (κ3) is 7.39. The summed E-state index contributed by atoms with van der Waals surface area (Å²) in [6.07, 6.45) is 8.22. The Morgan fingerprint density at radius 3 is 2.65 bits per heavy atom. The lowest BCUT2D eigenvalue weighted by Gasteiger charge is -2.46. The fourth-order valence-corrected chi connectivity index (χ4v) is 8.57. The highest BCUT2D eigenvalue weighted by molar-refractivity contribution is 7.90. The van der Waals surface area contributed by atoms with Crippen LogP contribution in [-0.4, -0.2) is 65.2 Å². The van der Waals surface area contributed by atoms with Crippen LogP contribution in [0.3, 0.4) is 0 Å². The number of hydrogen-bond donors (Lipinski definition) is 1. The van der Waals surface area contributed by atoms with Crippen LogP contribution in [0.15, 0.2) is 66.6 Å². The molecule has 1 aliphatic heterocycles. The van der Waals surface area contributed by atoms with E-state index in [4.69, 9.17) is 21.1 Å². The largest absolute Gasteiger partial charge is 0.490 e. The number of ether oxygens (including phenoxy) is 2. The molecular weight excluding hydrogens is 650 g/mol. The number of aryl methyl sites for hydroxylation is 1. The predicted octanol–water partition coefficient (Wildman–Crippen LogP) is 6.89. The van der Waals surface area contributed by atoms with E-state index in [1.165, 1.54) is 22.1 Å². The first-order valence-electron chi connectivity index (χ1n) is 16.7. The molecule has 1 heterocycles. The number of carbonyl (C=O) groups is 2. The summed E-state index contributed by atoms with van der Waals surface area (Å²) >= 11 is 6.42. The van der Waals surface area contributed by atoms with E-state index in [2.05, 4.69) is 28.8 Å². The zero-order valence-electron chi connectivity index (χ0n) is 28.5. The van der Waals surface area contributed by atoms with Gasteiger partial charge in [-0.3, -0.25) is 4.79 Å². The standard InChI is InChI=1S/C37H48ClN3O6S/c1-7-9-18-36(3,4)34(42)39-48(44,45)28-14-17-33-31(21-28)41(22-26-12-15-29(26)32(8-2)47-35(43)40(5)6)23-37(24-46-33)19-10-11-25-20-27(38)13-16-30(25)37/h7-8,13-14,16-17,20-21,26,29,32H,1-2,9-12,15,18-19,22-24H2,3-6H3,(H,39,42)/t26-,29+,32+,37-/m0/s1.